The average Bonchev–Trinajstić information content (AvgIpc) is 3.46. The molecule has 11 heteroatoms. The summed E-state index contributed by atoms with van der Waals surface area (Å²) in [5.74, 6) is -1.33. The summed E-state index contributed by atoms with van der Waals surface area (Å²) in [6.07, 6.45) is -0.620. The first-order valence-corrected chi connectivity index (χ1v) is 10.00. The molecule has 8 nitrogen and oxygen atoms in total. The van der Waals surface area contributed by atoms with E-state index in [0.29, 0.717) is 5.69 Å². The van der Waals surface area contributed by atoms with Crippen molar-refractivity contribution in [1.82, 2.24) is 25.5 Å². The summed E-state index contributed by atoms with van der Waals surface area (Å²) in [5, 5.41) is 17.0. The van der Waals surface area contributed by atoms with Crippen molar-refractivity contribution >= 4 is 17.5 Å². The van der Waals surface area contributed by atoms with Crippen LogP contribution in [0.25, 0.3) is 5.69 Å². The van der Waals surface area contributed by atoms with E-state index >= 15 is 0 Å². The number of anilines is 1. The number of nitrogens with one attached hydrogen (secondary N) is 2. The van der Waals surface area contributed by atoms with Gasteiger partial charge in [-0.1, -0.05) is 25.0 Å². The largest absolute Gasteiger partial charge is 0.417 e. The Bertz CT molecular complexity index is 1120. The molecule has 1 aromatic heterocycles. The highest BCUT2D eigenvalue weighted by molar-refractivity contribution is 6.05. The molecule has 2 aromatic carbocycles. The number of hydrogen-bond acceptors (Lipinski definition) is 5. The Morgan fingerprint density at radius 1 is 0.969 bits per heavy atom. The number of halogens is 3. The molecular weight excluding hydrogens is 425 g/mol. The third-order valence-corrected chi connectivity index (χ3v) is 5.14. The molecule has 0 unspecified atom stereocenters. The molecule has 0 spiro atoms. The average molecular weight is 444 g/mol. The van der Waals surface area contributed by atoms with E-state index in [-0.39, 0.29) is 17.6 Å². The lowest BCUT2D eigenvalue weighted by Crippen LogP contribution is -2.33. The number of amides is 2. The fourth-order valence-corrected chi connectivity index (χ4v) is 3.54. The van der Waals surface area contributed by atoms with Crippen molar-refractivity contribution in [2.45, 2.75) is 37.9 Å². The predicted octanol–water partition coefficient (Wildman–Crippen LogP) is 3.61. The van der Waals surface area contributed by atoms with Gasteiger partial charge in [0.15, 0.2) is 0 Å². The molecule has 2 amide bonds. The Balaban J connectivity index is 1.43. The maximum atomic E-state index is 13.1. The number of rotatable bonds is 5. The van der Waals surface area contributed by atoms with E-state index in [4.69, 9.17) is 0 Å². The Hall–Kier alpha value is -3.76. The van der Waals surface area contributed by atoms with Crippen LogP contribution >= 0.6 is 0 Å². The second-order valence-electron chi connectivity index (χ2n) is 7.40. The van der Waals surface area contributed by atoms with Crippen molar-refractivity contribution < 1.29 is 22.8 Å². The molecule has 1 saturated carbocycles. The van der Waals surface area contributed by atoms with Crippen LogP contribution in [0.5, 0.6) is 0 Å². The van der Waals surface area contributed by atoms with Gasteiger partial charge in [0.1, 0.15) is 0 Å². The first-order chi connectivity index (χ1) is 15.3. The fraction of sp³-hybridized carbons (Fsp3) is 0.286. The zero-order chi connectivity index (χ0) is 22.7. The number of hydrogen-bond donors (Lipinski definition) is 2. The molecule has 2 N–H and O–H groups in total. The minimum absolute atomic E-state index is 0.0574. The first-order valence-electron chi connectivity index (χ1n) is 10.00. The third kappa shape index (κ3) is 4.76. The second-order valence-corrected chi connectivity index (χ2v) is 7.40. The van der Waals surface area contributed by atoms with Crippen LogP contribution < -0.4 is 10.6 Å². The zero-order valence-electron chi connectivity index (χ0n) is 16.8. The van der Waals surface area contributed by atoms with Crippen molar-refractivity contribution in [2.24, 2.45) is 0 Å². The SMILES string of the molecule is O=C(NC1CCCC1)c1nnn(-c2ccc(NC(=O)c3ccccc3C(F)(F)F)cc2)n1. The lowest BCUT2D eigenvalue weighted by atomic mass is 10.1. The molecule has 0 bridgehead atoms. The quantitative estimate of drug-likeness (QED) is 0.626. The van der Waals surface area contributed by atoms with Crippen LogP contribution in [-0.2, 0) is 6.18 Å². The number of aromatic nitrogens is 4. The maximum Gasteiger partial charge on any atom is 0.417 e. The summed E-state index contributed by atoms with van der Waals surface area (Å²) in [6, 6.07) is 10.8. The fourth-order valence-electron chi connectivity index (χ4n) is 3.54. The summed E-state index contributed by atoms with van der Waals surface area (Å²) in [6.45, 7) is 0. The molecule has 0 radical (unpaired) electrons. The number of alkyl halides is 3. The summed E-state index contributed by atoms with van der Waals surface area (Å²) in [4.78, 5) is 25.8. The van der Waals surface area contributed by atoms with E-state index in [2.05, 4.69) is 26.0 Å². The Labute approximate surface area is 180 Å². The summed E-state index contributed by atoms with van der Waals surface area (Å²) in [7, 11) is 0. The smallest absolute Gasteiger partial charge is 0.346 e. The lowest BCUT2D eigenvalue weighted by Gasteiger charge is -2.12. The molecule has 1 aliphatic rings. The third-order valence-electron chi connectivity index (χ3n) is 5.14. The van der Waals surface area contributed by atoms with Gasteiger partial charge in [-0.15, -0.1) is 15.0 Å². The van der Waals surface area contributed by atoms with Crippen molar-refractivity contribution in [3.05, 3.63) is 65.5 Å². The summed E-state index contributed by atoms with van der Waals surface area (Å²) >= 11 is 0. The Morgan fingerprint density at radius 2 is 1.66 bits per heavy atom. The molecule has 0 aliphatic heterocycles. The number of tetrazole rings is 1. The molecule has 0 atom stereocenters. The van der Waals surface area contributed by atoms with Gasteiger partial charge in [-0.05, 0) is 54.5 Å². The van der Waals surface area contributed by atoms with Crippen LogP contribution in [0.2, 0.25) is 0 Å². The van der Waals surface area contributed by atoms with Gasteiger partial charge in [0.2, 0.25) is 0 Å². The minimum Gasteiger partial charge on any atom is -0.346 e. The first kappa shape index (κ1) is 21.5. The standard InChI is InChI=1S/C21H19F3N6O2/c22-21(23,24)17-8-4-3-7-16(17)19(31)25-14-9-11-15(12-10-14)30-28-18(27-29-30)20(32)26-13-5-1-2-6-13/h3-4,7-13H,1-2,5-6H2,(H,25,31)(H,26,32). The Kier molecular flexibility index (Phi) is 5.89. The van der Waals surface area contributed by atoms with E-state index in [9.17, 15) is 22.8 Å². The van der Waals surface area contributed by atoms with Gasteiger partial charge in [-0.2, -0.15) is 13.2 Å². The highest BCUT2D eigenvalue weighted by atomic mass is 19.4. The monoisotopic (exact) mass is 444 g/mol. The lowest BCUT2D eigenvalue weighted by molar-refractivity contribution is -0.137. The second kappa shape index (κ2) is 8.77. The van der Waals surface area contributed by atoms with E-state index in [1.807, 2.05) is 0 Å². The van der Waals surface area contributed by atoms with Crippen LogP contribution in [0.4, 0.5) is 18.9 Å². The van der Waals surface area contributed by atoms with E-state index in [1.165, 1.54) is 24.3 Å². The van der Waals surface area contributed by atoms with E-state index < -0.39 is 29.1 Å². The molecule has 0 saturated heterocycles. The molecule has 3 aromatic rings. The zero-order valence-corrected chi connectivity index (χ0v) is 16.8. The molecule has 166 valence electrons. The Morgan fingerprint density at radius 3 is 2.34 bits per heavy atom. The van der Waals surface area contributed by atoms with Crippen LogP contribution in [0, 0.1) is 0 Å². The molecule has 1 fully saturated rings. The van der Waals surface area contributed by atoms with E-state index in [0.717, 1.165) is 42.6 Å². The molecule has 32 heavy (non-hydrogen) atoms. The molecular formula is C21H19F3N6O2. The highest BCUT2D eigenvalue weighted by Gasteiger charge is 2.34. The minimum atomic E-state index is -4.64. The van der Waals surface area contributed by atoms with Crippen LogP contribution in [-0.4, -0.2) is 38.1 Å². The van der Waals surface area contributed by atoms with Crippen molar-refractivity contribution in [2.75, 3.05) is 5.32 Å². The number of benzene rings is 2. The number of carbonyl (C=O) groups excluding carboxylic acids is 2. The summed E-state index contributed by atoms with van der Waals surface area (Å²) < 4.78 is 39.4. The van der Waals surface area contributed by atoms with Gasteiger partial charge < -0.3 is 10.6 Å². The van der Waals surface area contributed by atoms with Crippen molar-refractivity contribution in [3.8, 4) is 5.69 Å². The van der Waals surface area contributed by atoms with Crippen LogP contribution in [0.15, 0.2) is 48.5 Å². The summed E-state index contributed by atoms with van der Waals surface area (Å²) in [5.41, 5.74) is -0.731. The van der Waals surface area contributed by atoms with Gasteiger partial charge in [0.05, 0.1) is 16.8 Å². The number of carbonyl (C=O) groups is 2. The van der Waals surface area contributed by atoms with Gasteiger partial charge >= 0.3 is 6.18 Å². The van der Waals surface area contributed by atoms with Gasteiger partial charge in [0, 0.05) is 11.7 Å². The van der Waals surface area contributed by atoms with E-state index in [1.54, 1.807) is 12.1 Å². The maximum absolute atomic E-state index is 13.1. The van der Waals surface area contributed by atoms with Gasteiger partial charge in [0.25, 0.3) is 17.6 Å². The highest BCUT2D eigenvalue weighted by Crippen LogP contribution is 2.32. The van der Waals surface area contributed by atoms with Gasteiger partial charge in [-0.25, -0.2) is 0 Å². The number of nitrogens with zero attached hydrogens (tertiary/aromatic N) is 4. The van der Waals surface area contributed by atoms with Crippen LogP contribution in [0.3, 0.4) is 0 Å². The van der Waals surface area contributed by atoms with Gasteiger partial charge in [-0.3, -0.25) is 9.59 Å². The van der Waals surface area contributed by atoms with Crippen LogP contribution in [0.1, 0.15) is 52.2 Å². The topological polar surface area (TPSA) is 102 Å². The van der Waals surface area contributed by atoms with Crippen molar-refractivity contribution in [3.63, 3.8) is 0 Å². The van der Waals surface area contributed by atoms with Crippen molar-refractivity contribution in [1.29, 1.82) is 0 Å². The molecule has 1 aliphatic carbocycles. The predicted molar refractivity (Wildman–Crippen MR) is 108 cm³/mol. The molecule has 4 rings (SSSR count). The molecule has 1 heterocycles. The normalized spacial score (nSPS) is 14.3.